The number of nitro groups is 1. The first-order valence-electron chi connectivity index (χ1n) is 4.48. The van der Waals surface area contributed by atoms with Gasteiger partial charge in [0.1, 0.15) is 10.6 Å². The molecule has 2 aromatic heterocycles. The lowest BCUT2D eigenvalue weighted by molar-refractivity contribution is -0.401. The topological polar surface area (TPSA) is 74.1 Å². The van der Waals surface area contributed by atoms with Gasteiger partial charge in [0.15, 0.2) is 5.76 Å². The van der Waals surface area contributed by atoms with Gasteiger partial charge in [0.05, 0.1) is 6.07 Å². The van der Waals surface area contributed by atoms with Gasteiger partial charge in [-0.05, 0) is 19.1 Å². The summed E-state index contributed by atoms with van der Waals surface area (Å²) in [5.74, 6) is 0.143. The predicted octanol–water partition coefficient (Wildman–Crippen LogP) is 2.07. The largest absolute Gasteiger partial charge is 0.433 e. The molecule has 0 aromatic carbocycles. The highest BCUT2D eigenvalue weighted by atomic mass is 16.6. The van der Waals surface area contributed by atoms with Crippen LogP contribution in [0.2, 0.25) is 0 Å². The van der Waals surface area contributed by atoms with Crippen LogP contribution in [0.4, 0.5) is 5.88 Å². The van der Waals surface area contributed by atoms with Gasteiger partial charge >= 0.3 is 5.88 Å². The first-order chi connectivity index (χ1) is 7.20. The number of aryl methyl sites for hydroxylation is 1. The molecule has 6 heteroatoms. The molecule has 0 atom stereocenters. The van der Waals surface area contributed by atoms with Gasteiger partial charge in [0.2, 0.25) is 0 Å². The summed E-state index contributed by atoms with van der Waals surface area (Å²) in [7, 11) is 0. The molecule has 78 valence electrons. The van der Waals surface area contributed by atoms with E-state index in [2.05, 4.69) is 5.10 Å². The Morgan fingerprint density at radius 2 is 2.33 bits per heavy atom. The highest BCUT2D eigenvalue weighted by molar-refractivity contribution is 5.52. The average molecular weight is 207 g/mol. The monoisotopic (exact) mass is 207 g/mol. The molecular formula is C9H9N3O3. The van der Waals surface area contributed by atoms with E-state index < -0.39 is 4.92 Å². The first kappa shape index (κ1) is 9.45. The molecule has 0 unspecified atom stereocenters. The zero-order chi connectivity index (χ0) is 10.8. The van der Waals surface area contributed by atoms with Crippen LogP contribution >= 0.6 is 0 Å². The second-order valence-electron chi connectivity index (χ2n) is 2.95. The van der Waals surface area contributed by atoms with Crippen molar-refractivity contribution in [2.24, 2.45) is 0 Å². The first-order valence-corrected chi connectivity index (χ1v) is 4.48. The summed E-state index contributed by atoms with van der Waals surface area (Å²) in [4.78, 5) is 9.82. The third-order valence-corrected chi connectivity index (χ3v) is 1.99. The van der Waals surface area contributed by atoms with Gasteiger partial charge in [-0.15, -0.1) is 0 Å². The minimum absolute atomic E-state index is 0.268. The summed E-state index contributed by atoms with van der Waals surface area (Å²) in [6.07, 6.45) is 1.80. The maximum atomic E-state index is 10.4. The van der Waals surface area contributed by atoms with Gasteiger partial charge in [-0.25, -0.2) is 0 Å². The molecule has 15 heavy (non-hydrogen) atoms. The number of furan rings is 1. The third kappa shape index (κ3) is 1.74. The van der Waals surface area contributed by atoms with Crippen molar-refractivity contribution in [2.75, 3.05) is 0 Å². The van der Waals surface area contributed by atoms with Crippen LogP contribution in [0, 0.1) is 10.1 Å². The summed E-state index contributed by atoms with van der Waals surface area (Å²) in [5.41, 5.74) is 0.602. The van der Waals surface area contributed by atoms with Crippen molar-refractivity contribution in [3.63, 3.8) is 0 Å². The van der Waals surface area contributed by atoms with Crippen LogP contribution in [0.15, 0.2) is 28.8 Å². The van der Waals surface area contributed by atoms with Crippen LogP contribution in [0.25, 0.3) is 11.5 Å². The molecule has 0 radical (unpaired) electrons. The summed E-state index contributed by atoms with van der Waals surface area (Å²) >= 11 is 0. The van der Waals surface area contributed by atoms with E-state index in [1.54, 1.807) is 23.0 Å². The fourth-order valence-electron chi connectivity index (χ4n) is 1.23. The normalized spacial score (nSPS) is 10.5. The lowest BCUT2D eigenvalue weighted by Gasteiger charge is -1.91. The highest BCUT2D eigenvalue weighted by Gasteiger charge is 2.14. The second kappa shape index (κ2) is 3.56. The Balaban J connectivity index is 2.32. The lowest BCUT2D eigenvalue weighted by Crippen LogP contribution is -1.93. The maximum Gasteiger partial charge on any atom is 0.433 e. The minimum atomic E-state index is -0.569. The molecule has 0 aliphatic carbocycles. The van der Waals surface area contributed by atoms with Crippen LogP contribution < -0.4 is 0 Å². The fraction of sp³-hybridized carbons (Fsp3) is 0.222. The SMILES string of the molecule is CCn1ccc(-c2ccc([N+](=O)[O-])o2)n1. The van der Waals surface area contributed by atoms with E-state index in [1.807, 2.05) is 6.92 Å². The standard InChI is InChI=1S/C9H9N3O3/c1-2-11-6-5-7(10-11)8-3-4-9(15-8)12(13)14/h3-6H,2H2,1H3. The minimum Gasteiger partial charge on any atom is -0.399 e. The van der Waals surface area contributed by atoms with Crippen molar-refractivity contribution in [1.82, 2.24) is 9.78 Å². The number of hydrogen-bond acceptors (Lipinski definition) is 4. The number of aromatic nitrogens is 2. The smallest absolute Gasteiger partial charge is 0.399 e. The van der Waals surface area contributed by atoms with E-state index in [-0.39, 0.29) is 5.88 Å². The number of hydrogen-bond donors (Lipinski definition) is 0. The number of rotatable bonds is 3. The van der Waals surface area contributed by atoms with Crippen LogP contribution in [-0.2, 0) is 6.54 Å². The van der Waals surface area contributed by atoms with Crippen molar-refractivity contribution < 1.29 is 9.34 Å². The molecule has 0 spiro atoms. The van der Waals surface area contributed by atoms with E-state index in [1.165, 1.54) is 6.07 Å². The van der Waals surface area contributed by atoms with Crippen LogP contribution in [0.3, 0.4) is 0 Å². The van der Waals surface area contributed by atoms with E-state index in [4.69, 9.17) is 4.42 Å². The van der Waals surface area contributed by atoms with Gasteiger partial charge in [0.25, 0.3) is 0 Å². The van der Waals surface area contributed by atoms with Crippen molar-refractivity contribution in [3.05, 3.63) is 34.5 Å². The van der Waals surface area contributed by atoms with Crippen molar-refractivity contribution in [3.8, 4) is 11.5 Å². The van der Waals surface area contributed by atoms with Crippen molar-refractivity contribution >= 4 is 5.88 Å². The molecule has 0 fully saturated rings. The molecule has 2 aromatic rings. The molecule has 6 nitrogen and oxygen atoms in total. The molecule has 0 bridgehead atoms. The van der Waals surface area contributed by atoms with Gasteiger partial charge in [-0.3, -0.25) is 14.8 Å². The van der Waals surface area contributed by atoms with E-state index in [9.17, 15) is 10.1 Å². The van der Waals surface area contributed by atoms with Crippen LogP contribution in [0.5, 0.6) is 0 Å². The Morgan fingerprint density at radius 1 is 1.53 bits per heavy atom. The van der Waals surface area contributed by atoms with E-state index >= 15 is 0 Å². The second-order valence-corrected chi connectivity index (χ2v) is 2.95. The molecule has 0 aliphatic rings. The van der Waals surface area contributed by atoms with Gasteiger partial charge in [-0.2, -0.15) is 5.10 Å². The van der Waals surface area contributed by atoms with Crippen LogP contribution in [-0.4, -0.2) is 14.7 Å². The Kier molecular flexibility index (Phi) is 2.24. The molecule has 0 N–H and O–H groups in total. The quantitative estimate of drug-likeness (QED) is 0.570. The molecular weight excluding hydrogens is 198 g/mol. The third-order valence-electron chi connectivity index (χ3n) is 1.99. The average Bonchev–Trinajstić information content (AvgIpc) is 2.86. The van der Waals surface area contributed by atoms with Gasteiger partial charge in [-0.1, -0.05) is 0 Å². The summed E-state index contributed by atoms with van der Waals surface area (Å²) < 4.78 is 6.74. The predicted molar refractivity (Wildman–Crippen MR) is 52.3 cm³/mol. The zero-order valence-electron chi connectivity index (χ0n) is 8.08. The van der Waals surface area contributed by atoms with Crippen LogP contribution in [0.1, 0.15) is 6.92 Å². The summed E-state index contributed by atoms with van der Waals surface area (Å²) in [6.45, 7) is 2.71. The van der Waals surface area contributed by atoms with E-state index in [0.29, 0.717) is 11.5 Å². The zero-order valence-corrected chi connectivity index (χ0v) is 8.08. The molecule has 0 amide bonds. The lowest BCUT2D eigenvalue weighted by atomic mass is 10.3. The van der Waals surface area contributed by atoms with Crippen molar-refractivity contribution in [2.45, 2.75) is 13.5 Å². The number of nitrogens with zero attached hydrogens (tertiary/aromatic N) is 3. The summed E-state index contributed by atoms with van der Waals surface area (Å²) in [6, 6.07) is 4.62. The van der Waals surface area contributed by atoms with Crippen molar-refractivity contribution in [1.29, 1.82) is 0 Å². The van der Waals surface area contributed by atoms with E-state index in [0.717, 1.165) is 6.54 Å². The maximum absolute atomic E-state index is 10.4. The molecule has 0 aliphatic heterocycles. The Labute approximate surface area is 85.3 Å². The molecule has 0 saturated carbocycles. The van der Waals surface area contributed by atoms with Gasteiger partial charge < -0.3 is 4.42 Å². The fourth-order valence-corrected chi connectivity index (χ4v) is 1.23. The Bertz CT molecular complexity index is 486. The summed E-state index contributed by atoms with van der Waals surface area (Å²) in [5, 5.41) is 14.6. The van der Waals surface area contributed by atoms with Gasteiger partial charge in [0, 0.05) is 12.7 Å². The Hall–Kier alpha value is -2.11. The molecule has 2 heterocycles. The Morgan fingerprint density at radius 3 is 2.87 bits per heavy atom. The highest BCUT2D eigenvalue weighted by Crippen LogP contribution is 2.24. The molecule has 0 saturated heterocycles. The molecule has 2 rings (SSSR count).